The van der Waals surface area contributed by atoms with Gasteiger partial charge in [-0.15, -0.1) is 0 Å². The summed E-state index contributed by atoms with van der Waals surface area (Å²) in [5, 5.41) is 0. The van der Waals surface area contributed by atoms with E-state index in [1.165, 1.54) is 19.3 Å². The summed E-state index contributed by atoms with van der Waals surface area (Å²) in [4.78, 5) is 0. The Balaban J connectivity index is -0.00000128. The van der Waals surface area contributed by atoms with Gasteiger partial charge in [0.1, 0.15) is 0 Å². The Morgan fingerprint density at radius 2 is 1.22 bits per heavy atom. The molecule has 106 valence electrons. The predicted octanol–water partition coefficient (Wildman–Crippen LogP) is 0.542. The van der Waals surface area contributed by atoms with Crippen molar-refractivity contribution in [3.8, 4) is 0 Å². The molecule has 0 atom stereocenters. The summed E-state index contributed by atoms with van der Waals surface area (Å²) in [6.45, 7) is 4.60. The van der Waals surface area contributed by atoms with Crippen LogP contribution in [0.2, 0.25) is 0 Å². The van der Waals surface area contributed by atoms with Crippen LogP contribution in [-0.4, -0.2) is 21.6 Å². The minimum atomic E-state index is -3.75. The maximum Gasteiger partial charge on any atom is 1.00 e. The standard InChI is InChI=1S/C12H26O4S.Na.H/c1-3-5-7-8-9-10-12-16-17(13,14)15-11-6-4-2;;/h3-12H2,1-2H3;;/q;+1;-1. The van der Waals surface area contributed by atoms with E-state index in [9.17, 15) is 8.42 Å². The van der Waals surface area contributed by atoms with E-state index in [1.807, 2.05) is 6.92 Å². The van der Waals surface area contributed by atoms with Crippen LogP contribution in [0.15, 0.2) is 0 Å². The summed E-state index contributed by atoms with van der Waals surface area (Å²) in [7, 11) is -3.75. The quantitative estimate of drug-likeness (QED) is 0.389. The van der Waals surface area contributed by atoms with E-state index >= 15 is 0 Å². The Labute approximate surface area is 136 Å². The molecule has 0 aromatic rings. The number of hydrogen-bond acceptors (Lipinski definition) is 4. The Morgan fingerprint density at radius 3 is 1.78 bits per heavy atom. The Bertz CT molecular complexity index is 260. The van der Waals surface area contributed by atoms with Gasteiger partial charge in [0.2, 0.25) is 0 Å². The topological polar surface area (TPSA) is 52.6 Å². The van der Waals surface area contributed by atoms with Crippen molar-refractivity contribution in [1.82, 2.24) is 0 Å². The van der Waals surface area contributed by atoms with Crippen molar-refractivity contribution in [3.05, 3.63) is 0 Å². The van der Waals surface area contributed by atoms with Gasteiger partial charge in [-0.2, -0.15) is 8.42 Å². The maximum atomic E-state index is 11.2. The van der Waals surface area contributed by atoms with Gasteiger partial charge in [-0.3, -0.25) is 0 Å². The van der Waals surface area contributed by atoms with E-state index < -0.39 is 10.4 Å². The van der Waals surface area contributed by atoms with E-state index in [0.29, 0.717) is 0 Å². The molecule has 0 spiro atoms. The monoisotopic (exact) mass is 290 g/mol. The molecule has 0 aliphatic carbocycles. The van der Waals surface area contributed by atoms with Crippen LogP contribution in [0.4, 0.5) is 0 Å². The molecule has 0 amide bonds. The smallest absolute Gasteiger partial charge is 1.00 e. The van der Waals surface area contributed by atoms with Crippen molar-refractivity contribution in [3.63, 3.8) is 0 Å². The van der Waals surface area contributed by atoms with Gasteiger partial charge in [0.15, 0.2) is 0 Å². The molecule has 0 aliphatic heterocycles. The SMILES string of the molecule is CCCCCCCCOS(=O)(=O)OCCCC.[H-].[Na+]. The first-order valence-corrected chi connectivity index (χ1v) is 7.99. The molecule has 0 unspecified atom stereocenters. The molecule has 6 heteroatoms. The molecule has 0 rings (SSSR count). The first-order valence-electron chi connectivity index (χ1n) is 6.66. The minimum absolute atomic E-state index is 0. The molecule has 18 heavy (non-hydrogen) atoms. The average molecular weight is 290 g/mol. The molecular formula is C12H27NaO4S. The molecule has 0 fully saturated rings. The van der Waals surface area contributed by atoms with Gasteiger partial charge in [-0.25, -0.2) is 8.37 Å². The molecular weight excluding hydrogens is 263 g/mol. The van der Waals surface area contributed by atoms with Crippen LogP contribution in [0.5, 0.6) is 0 Å². The average Bonchev–Trinajstić information content (AvgIpc) is 2.28. The fourth-order valence-electron chi connectivity index (χ4n) is 1.38. The normalized spacial score (nSPS) is 11.2. The van der Waals surface area contributed by atoms with E-state index in [-0.39, 0.29) is 44.2 Å². The molecule has 0 aromatic carbocycles. The fraction of sp³-hybridized carbons (Fsp3) is 1.00. The van der Waals surface area contributed by atoms with Gasteiger partial charge in [-0.1, -0.05) is 52.4 Å². The van der Waals surface area contributed by atoms with Crippen LogP contribution in [-0.2, 0) is 18.8 Å². The van der Waals surface area contributed by atoms with Crippen molar-refractivity contribution in [2.75, 3.05) is 13.2 Å². The van der Waals surface area contributed by atoms with Crippen molar-refractivity contribution in [1.29, 1.82) is 0 Å². The third-order valence-corrected chi connectivity index (χ3v) is 3.36. The summed E-state index contributed by atoms with van der Waals surface area (Å²) in [6.07, 6.45) is 8.27. The van der Waals surface area contributed by atoms with Gasteiger partial charge in [0.05, 0.1) is 13.2 Å². The Hall–Kier alpha value is 0.870. The minimum Gasteiger partial charge on any atom is -1.00 e. The zero-order valence-corrected chi connectivity index (χ0v) is 14.9. The van der Waals surface area contributed by atoms with Gasteiger partial charge >= 0.3 is 40.0 Å². The van der Waals surface area contributed by atoms with E-state index in [0.717, 1.165) is 32.1 Å². The summed E-state index contributed by atoms with van der Waals surface area (Å²) in [5.74, 6) is 0. The summed E-state index contributed by atoms with van der Waals surface area (Å²) >= 11 is 0. The van der Waals surface area contributed by atoms with E-state index in [1.54, 1.807) is 0 Å². The molecule has 0 saturated heterocycles. The number of unbranched alkanes of at least 4 members (excludes halogenated alkanes) is 6. The van der Waals surface area contributed by atoms with Crippen LogP contribution < -0.4 is 29.6 Å². The molecule has 0 bridgehead atoms. The molecule has 0 heterocycles. The maximum absolute atomic E-state index is 11.2. The van der Waals surface area contributed by atoms with Crippen molar-refractivity contribution < 1.29 is 47.8 Å². The zero-order chi connectivity index (χ0) is 13.0. The second kappa shape index (κ2) is 14.3. The molecule has 0 aliphatic rings. The van der Waals surface area contributed by atoms with Crippen LogP contribution in [0.25, 0.3) is 0 Å². The zero-order valence-electron chi connectivity index (χ0n) is 13.1. The van der Waals surface area contributed by atoms with Crippen molar-refractivity contribution in [2.45, 2.75) is 65.2 Å². The van der Waals surface area contributed by atoms with Crippen molar-refractivity contribution in [2.24, 2.45) is 0 Å². The van der Waals surface area contributed by atoms with Crippen molar-refractivity contribution >= 4 is 10.4 Å². The summed E-state index contributed by atoms with van der Waals surface area (Å²) in [6, 6.07) is 0. The first kappa shape index (κ1) is 21.2. The van der Waals surface area contributed by atoms with Gasteiger partial charge in [0.25, 0.3) is 0 Å². The Kier molecular flexibility index (Phi) is 16.8. The third kappa shape index (κ3) is 14.9. The first-order chi connectivity index (χ1) is 8.12. The van der Waals surface area contributed by atoms with Gasteiger partial charge in [-0.05, 0) is 12.8 Å². The second-order valence-corrected chi connectivity index (χ2v) is 5.46. The van der Waals surface area contributed by atoms with Crippen LogP contribution in [0.3, 0.4) is 0 Å². The van der Waals surface area contributed by atoms with E-state index in [2.05, 4.69) is 11.1 Å². The molecule has 0 N–H and O–H groups in total. The molecule has 0 saturated carbocycles. The van der Waals surface area contributed by atoms with E-state index in [4.69, 9.17) is 4.18 Å². The largest absolute Gasteiger partial charge is 1.00 e. The molecule has 0 radical (unpaired) electrons. The van der Waals surface area contributed by atoms with Crippen LogP contribution in [0, 0.1) is 0 Å². The molecule has 4 nitrogen and oxygen atoms in total. The third-order valence-electron chi connectivity index (χ3n) is 2.45. The molecule has 0 aromatic heterocycles. The Morgan fingerprint density at radius 1 is 0.778 bits per heavy atom. The van der Waals surface area contributed by atoms with Gasteiger partial charge < -0.3 is 1.43 Å². The summed E-state index contributed by atoms with van der Waals surface area (Å²) < 4.78 is 31.8. The number of hydrogen-bond donors (Lipinski definition) is 0. The van der Waals surface area contributed by atoms with Crippen LogP contribution >= 0.6 is 0 Å². The second-order valence-electron chi connectivity index (χ2n) is 4.17. The van der Waals surface area contributed by atoms with Crippen LogP contribution in [0.1, 0.15) is 66.6 Å². The summed E-state index contributed by atoms with van der Waals surface area (Å²) in [5.41, 5.74) is 0. The fourth-order valence-corrected chi connectivity index (χ4v) is 2.09. The number of rotatable bonds is 12. The predicted molar refractivity (Wildman–Crippen MR) is 70.2 cm³/mol. The van der Waals surface area contributed by atoms with Gasteiger partial charge in [0, 0.05) is 0 Å².